The van der Waals surface area contributed by atoms with E-state index in [-0.39, 0.29) is 13.1 Å². The molecule has 2 rings (SSSR count). The summed E-state index contributed by atoms with van der Waals surface area (Å²) >= 11 is 0. The maximum atomic E-state index is 11.6. The van der Waals surface area contributed by atoms with Gasteiger partial charge in [0.1, 0.15) is 5.75 Å². The molecule has 0 saturated heterocycles. The van der Waals surface area contributed by atoms with Crippen molar-refractivity contribution in [3.8, 4) is 11.6 Å². The molecule has 134 valence electrons. The number of aliphatic hydroxyl groups is 2. The van der Waals surface area contributed by atoms with Gasteiger partial charge in [-0.1, -0.05) is 18.2 Å². The van der Waals surface area contributed by atoms with Gasteiger partial charge < -0.3 is 25.6 Å². The van der Waals surface area contributed by atoms with E-state index in [1.807, 2.05) is 38.1 Å². The van der Waals surface area contributed by atoms with Crippen molar-refractivity contribution in [1.82, 2.24) is 15.6 Å². The molecule has 0 saturated carbocycles. The summed E-state index contributed by atoms with van der Waals surface area (Å²) in [5, 5.41) is 22.9. The van der Waals surface area contributed by atoms with Gasteiger partial charge in [0.15, 0.2) is 0 Å². The van der Waals surface area contributed by atoms with Crippen LogP contribution in [0.2, 0.25) is 0 Å². The van der Waals surface area contributed by atoms with Crippen molar-refractivity contribution < 1.29 is 19.7 Å². The predicted octanol–water partition coefficient (Wildman–Crippen LogP) is 1.64. The first kappa shape index (κ1) is 18.7. The SMILES string of the molecule is Cc1ccc(C)c(Oc2ccc(CNC(=O)NC[C@@H](O)CO)cn2)c1. The number of nitrogens with zero attached hydrogens (tertiary/aromatic N) is 1. The maximum absolute atomic E-state index is 11.6. The molecular weight excluding hydrogens is 322 g/mol. The zero-order valence-corrected chi connectivity index (χ0v) is 14.3. The van der Waals surface area contributed by atoms with Crippen molar-refractivity contribution in [2.75, 3.05) is 13.2 Å². The highest BCUT2D eigenvalue weighted by molar-refractivity contribution is 5.73. The maximum Gasteiger partial charge on any atom is 0.315 e. The lowest BCUT2D eigenvalue weighted by Gasteiger charge is -2.11. The average Bonchev–Trinajstić information content (AvgIpc) is 2.62. The van der Waals surface area contributed by atoms with Crippen LogP contribution >= 0.6 is 0 Å². The quantitative estimate of drug-likeness (QED) is 0.611. The van der Waals surface area contributed by atoms with Gasteiger partial charge in [0, 0.05) is 25.4 Å². The molecule has 7 nitrogen and oxygen atoms in total. The summed E-state index contributed by atoms with van der Waals surface area (Å²) in [4.78, 5) is 15.8. The number of rotatable bonds is 7. The summed E-state index contributed by atoms with van der Waals surface area (Å²) in [5.74, 6) is 1.24. The zero-order chi connectivity index (χ0) is 18.2. The van der Waals surface area contributed by atoms with Gasteiger partial charge in [-0.15, -0.1) is 0 Å². The highest BCUT2D eigenvalue weighted by atomic mass is 16.5. The van der Waals surface area contributed by atoms with Crippen LogP contribution in [0.25, 0.3) is 0 Å². The van der Waals surface area contributed by atoms with Crippen LogP contribution in [0.3, 0.4) is 0 Å². The van der Waals surface area contributed by atoms with Gasteiger partial charge in [0.25, 0.3) is 0 Å². The van der Waals surface area contributed by atoms with Crippen molar-refractivity contribution in [2.45, 2.75) is 26.5 Å². The number of pyridine rings is 1. The van der Waals surface area contributed by atoms with E-state index in [0.717, 1.165) is 22.4 Å². The molecule has 0 aliphatic heterocycles. The Morgan fingerprint density at radius 1 is 1.24 bits per heavy atom. The number of aryl methyl sites for hydroxylation is 2. The molecule has 1 heterocycles. The molecule has 1 aromatic heterocycles. The van der Waals surface area contributed by atoms with Crippen LogP contribution in [-0.4, -0.2) is 40.5 Å². The van der Waals surface area contributed by atoms with E-state index in [4.69, 9.17) is 14.9 Å². The summed E-state index contributed by atoms with van der Waals surface area (Å²) in [5.41, 5.74) is 2.95. The van der Waals surface area contributed by atoms with Crippen LogP contribution < -0.4 is 15.4 Å². The number of carbonyl (C=O) groups excluding carboxylic acids is 1. The van der Waals surface area contributed by atoms with Gasteiger partial charge in [0.05, 0.1) is 12.7 Å². The molecule has 0 aliphatic rings. The fraction of sp³-hybridized carbons (Fsp3) is 0.333. The molecule has 2 amide bonds. The monoisotopic (exact) mass is 345 g/mol. The highest BCUT2D eigenvalue weighted by Crippen LogP contribution is 2.24. The van der Waals surface area contributed by atoms with Crippen molar-refractivity contribution >= 4 is 6.03 Å². The lowest BCUT2D eigenvalue weighted by molar-refractivity contribution is 0.0959. The van der Waals surface area contributed by atoms with Gasteiger partial charge in [-0.2, -0.15) is 0 Å². The van der Waals surface area contributed by atoms with Crippen molar-refractivity contribution in [3.05, 3.63) is 53.2 Å². The molecule has 0 spiro atoms. The van der Waals surface area contributed by atoms with Crippen LogP contribution in [0.5, 0.6) is 11.6 Å². The Morgan fingerprint density at radius 3 is 2.72 bits per heavy atom. The zero-order valence-electron chi connectivity index (χ0n) is 14.3. The second kappa shape index (κ2) is 9.00. The molecule has 0 bridgehead atoms. The predicted molar refractivity (Wildman–Crippen MR) is 93.6 cm³/mol. The van der Waals surface area contributed by atoms with E-state index < -0.39 is 18.7 Å². The molecule has 0 aliphatic carbocycles. The summed E-state index contributed by atoms with van der Waals surface area (Å²) < 4.78 is 5.79. The Bertz CT molecular complexity index is 704. The number of ether oxygens (including phenoxy) is 1. The minimum Gasteiger partial charge on any atom is -0.439 e. The van der Waals surface area contributed by atoms with Crippen molar-refractivity contribution in [1.29, 1.82) is 0 Å². The molecule has 2 aromatic rings. The normalized spacial score (nSPS) is 11.7. The third-order valence-electron chi connectivity index (χ3n) is 3.52. The summed E-state index contributed by atoms with van der Waals surface area (Å²) in [6, 6.07) is 9.10. The molecule has 0 fully saturated rings. The Hall–Kier alpha value is -2.64. The van der Waals surface area contributed by atoms with Gasteiger partial charge >= 0.3 is 6.03 Å². The van der Waals surface area contributed by atoms with Crippen LogP contribution in [0, 0.1) is 13.8 Å². The van der Waals surface area contributed by atoms with E-state index in [0.29, 0.717) is 5.88 Å². The van der Waals surface area contributed by atoms with E-state index in [9.17, 15) is 4.79 Å². The summed E-state index contributed by atoms with van der Waals surface area (Å²) in [7, 11) is 0. The Kier molecular flexibility index (Phi) is 6.73. The third kappa shape index (κ3) is 6.06. The number of aromatic nitrogens is 1. The number of amides is 2. The third-order valence-corrected chi connectivity index (χ3v) is 3.52. The minimum atomic E-state index is -0.964. The van der Waals surface area contributed by atoms with Crippen molar-refractivity contribution in [3.63, 3.8) is 0 Å². The lowest BCUT2D eigenvalue weighted by Crippen LogP contribution is -2.40. The fourth-order valence-electron chi connectivity index (χ4n) is 2.03. The van der Waals surface area contributed by atoms with Gasteiger partial charge in [-0.05, 0) is 36.6 Å². The van der Waals surface area contributed by atoms with Gasteiger partial charge in [-0.25, -0.2) is 9.78 Å². The molecule has 0 unspecified atom stereocenters. The first-order chi connectivity index (χ1) is 12.0. The average molecular weight is 345 g/mol. The smallest absolute Gasteiger partial charge is 0.315 e. The Balaban J connectivity index is 1.85. The van der Waals surface area contributed by atoms with Crippen LogP contribution in [0.4, 0.5) is 4.79 Å². The topological polar surface area (TPSA) is 104 Å². The number of carbonyl (C=O) groups is 1. The highest BCUT2D eigenvalue weighted by Gasteiger charge is 2.06. The molecule has 7 heteroatoms. The van der Waals surface area contributed by atoms with E-state index in [2.05, 4.69) is 15.6 Å². The van der Waals surface area contributed by atoms with Crippen LogP contribution in [0.1, 0.15) is 16.7 Å². The van der Waals surface area contributed by atoms with Gasteiger partial charge in [0.2, 0.25) is 5.88 Å². The van der Waals surface area contributed by atoms with Gasteiger partial charge in [-0.3, -0.25) is 0 Å². The molecule has 1 aromatic carbocycles. The number of hydrogen-bond acceptors (Lipinski definition) is 5. The second-order valence-electron chi connectivity index (χ2n) is 5.78. The molecule has 1 atom stereocenters. The number of hydrogen-bond donors (Lipinski definition) is 4. The number of benzene rings is 1. The number of nitrogens with one attached hydrogen (secondary N) is 2. The number of urea groups is 1. The fourth-order valence-corrected chi connectivity index (χ4v) is 2.03. The van der Waals surface area contributed by atoms with E-state index in [1.54, 1.807) is 12.3 Å². The molecule has 0 radical (unpaired) electrons. The Labute approximate surface area is 146 Å². The van der Waals surface area contributed by atoms with Crippen LogP contribution in [-0.2, 0) is 6.54 Å². The largest absolute Gasteiger partial charge is 0.439 e. The first-order valence-electron chi connectivity index (χ1n) is 7.98. The van der Waals surface area contributed by atoms with E-state index in [1.165, 1.54) is 0 Å². The summed E-state index contributed by atoms with van der Waals surface area (Å²) in [6.45, 7) is 3.85. The van der Waals surface area contributed by atoms with Crippen LogP contribution in [0.15, 0.2) is 36.5 Å². The standard InChI is InChI=1S/C18H23N3O4/c1-12-3-4-13(2)16(7-12)25-17-6-5-14(8-19-17)9-20-18(24)21-10-15(23)11-22/h3-8,15,22-23H,9-11H2,1-2H3,(H2,20,21,24)/t15-/m1/s1. The number of aliphatic hydroxyl groups excluding tert-OH is 2. The minimum absolute atomic E-state index is 0.0107. The Morgan fingerprint density at radius 2 is 2.04 bits per heavy atom. The first-order valence-corrected chi connectivity index (χ1v) is 7.98. The summed E-state index contributed by atoms with van der Waals surface area (Å²) in [6.07, 6.45) is 0.664. The van der Waals surface area contributed by atoms with E-state index >= 15 is 0 Å². The molecule has 4 N–H and O–H groups in total. The molecule has 25 heavy (non-hydrogen) atoms. The van der Waals surface area contributed by atoms with Crippen molar-refractivity contribution in [2.24, 2.45) is 0 Å². The molecular formula is C18H23N3O4. The second-order valence-corrected chi connectivity index (χ2v) is 5.78. The lowest BCUT2D eigenvalue weighted by atomic mass is 10.1.